The number of phenols is 1. The Balaban J connectivity index is 2.98. The van der Waals surface area contributed by atoms with Crippen LogP contribution in [0.25, 0.3) is 0 Å². The molecular weight excluding hydrogens is 225 g/mol. The van der Waals surface area contributed by atoms with E-state index >= 15 is 0 Å². The van der Waals surface area contributed by atoms with Crippen LogP contribution in [0.15, 0.2) is 18.2 Å². The first kappa shape index (κ1) is 13.4. The summed E-state index contributed by atoms with van der Waals surface area (Å²) in [6, 6.07) is 2.76. The Hall–Kier alpha value is -1.62. The maximum Gasteiger partial charge on any atom is 0.327 e. The van der Waals surface area contributed by atoms with Crippen molar-refractivity contribution >= 4 is 5.97 Å². The molecule has 0 bridgehead atoms. The Bertz CT molecular complexity index is 375. The van der Waals surface area contributed by atoms with Gasteiger partial charge in [-0.25, -0.2) is 9.18 Å². The van der Waals surface area contributed by atoms with Crippen LogP contribution in [0.3, 0.4) is 0 Å². The van der Waals surface area contributed by atoms with Crippen LogP contribution in [0, 0.1) is 5.82 Å². The van der Waals surface area contributed by atoms with Gasteiger partial charge in [0.1, 0.15) is 17.6 Å². The third-order valence-electron chi connectivity index (χ3n) is 2.27. The van der Waals surface area contributed by atoms with Crippen LogP contribution in [0.4, 0.5) is 4.39 Å². The van der Waals surface area contributed by atoms with Crippen molar-refractivity contribution in [1.29, 1.82) is 0 Å². The topological polar surface area (TPSA) is 58.6 Å². The molecule has 0 saturated heterocycles. The highest BCUT2D eigenvalue weighted by Crippen LogP contribution is 2.21. The first-order valence-electron chi connectivity index (χ1n) is 5.39. The number of methoxy groups -OCH3 is 1. The molecule has 1 aromatic carbocycles. The highest BCUT2D eigenvalue weighted by atomic mass is 19.1. The summed E-state index contributed by atoms with van der Waals surface area (Å²) in [5.41, 5.74) is 0.350. The van der Waals surface area contributed by atoms with E-state index < -0.39 is 17.8 Å². The molecule has 0 fully saturated rings. The SMILES string of the molecule is CCCNC(C(=O)OC)c1cc(O)cc(F)c1. The lowest BCUT2D eigenvalue weighted by Crippen LogP contribution is -2.30. The number of rotatable bonds is 5. The van der Waals surface area contributed by atoms with Crippen molar-refractivity contribution in [3.8, 4) is 5.75 Å². The molecule has 1 atom stereocenters. The molecule has 0 amide bonds. The zero-order valence-electron chi connectivity index (χ0n) is 9.87. The molecule has 4 nitrogen and oxygen atoms in total. The van der Waals surface area contributed by atoms with Crippen molar-refractivity contribution in [1.82, 2.24) is 5.32 Å². The van der Waals surface area contributed by atoms with E-state index in [-0.39, 0.29) is 5.75 Å². The van der Waals surface area contributed by atoms with E-state index in [1.54, 1.807) is 0 Å². The predicted octanol–water partition coefficient (Wildman–Crippen LogP) is 1.74. The lowest BCUT2D eigenvalue weighted by Gasteiger charge is -2.16. The third-order valence-corrected chi connectivity index (χ3v) is 2.27. The van der Waals surface area contributed by atoms with Crippen LogP contribution in [0.5, 0.6) is 5.75 Å². The Labute approximate surface area is 99.4 Å². The van der Waals surface area contributed by atoms with Gasteiger partial charge in [0.25, 0.3) is 0 Å². The van der Waals surface area contributed by atoms with Gasteiger partial charge in [0.05, 0.1) is 7.11 Å². The van der Waals surface area contributed by atoms with Crippen LogP contribution in [-0.2, 0) is 9.53 Å². The highest BCUT2D eigenvalue weighted by Gasteiger charge is 2.21. The van der Waals surface area contributed by atoms with Crippen LogP contribution < -0.4 is 5.32 Å². The Morgan fingerprint density at radius 1 is 1.53 bits per heavy atom. The monoisotopic (exact) mass is 241 g/mol. The van der Waals surface area contributed by atoms with Gasteiger partial charge in [-0.2, -0.15) is 0 Å². The minimum atomic E-state index is -0.762. The zero-order valence-corrected chi connectivity index (χ0v) is 9.87. The van der Waals surface area contributed by atoms with Crippen molar-refractivity contribution in [3.05, 3.63) is 29.6 Å². The van der Waals surface area contributed by atoms with Crippen LogP contribution >= 0.6 is 0 Å². The lowest BCUT2D eigenvalue weighted by molar-refractivity contribution is -0.143. The number of carbonyl (C=O) groups is 1. The highest BCUT2D eigenvalue weighted by molar-refractivity contribution is 5.77. The second-order valence-electron chi connectivity index (χ2n) is 3.65. The van der Waals surface area contributed by atoms with Gasteiger partial charge in [-0.3, -0.25) is 0 Å². The number of nitrogens with one attached hydrogen (secondary N) is 1. The molecular formula is C12H16FNO3. The first-order chi connectivity index (χ1) is 8.08. The molecule has 0 aromatic heterocycles. The second kappa shape index (κ2) is 6.20. The van der Waals surface area contributed by atoms with Crippen LogP contribution in [0.1, 0.15) is 24.9 Å². The summed E-state index contributed by atoms with van der Waals surface area (Å²) in [4.78, 5) is 11.6. The van der Waals surface area contributed by atoms with Gasteiger partial charge in [-0.1, -0.05) is 6.92 Å². The van der Waals surface area contributed by atoms with Gasteiger partial charge < -0.3 is 15.2 Å². The molecule has 0 spiro atoms. The molecule has 2 N–H and O–H groups in total. The smallest absolute Gasteiger partial charge is 0.327 e. The van der Waals surface area contributed by atoms with E-state index in [4.69, 9.17) is 0 Å². The fourth-order valence-corrected chi connectivity index (χ4v) is 1.51. The number of phenolic OH excluding ortho intramolecular Hbond substituents is 1. The molecule has 0 heterocycles. The normalized spacial score (nSPS) is 12.2. The summed E-state index contributed by atoms with van der Waals surface area (Å²) >= 11 is 0. The van der Waals surface area contributed by atoms with Gasteiger partial charge >= 0.3 is 5.97 Å². The van der Waals surface area contributed by atoms with Crippen molar-refractivity contribution in [2.24, 2.45) is 0 Å². The molecule has 1 aromatic rings. The molecule has 94 valence electrons. The third kappa shape index (κ3) is 3.71. The van der Waals surface area contributed by atoms with Gasteiger partial charge in [0.2, 0.25) is 0 Å². The number of ether oxygens (including phenoxy) is 1. The molecule has 0 aliphatic rings. The van der Waals surface area contributed by atoms with E-state index in [0.29, 0.717) is 12.1 Å². The van der Waals surface area contributed by atoms with Gasteiger partial charge in [-0.15, -0.1) is 0 Å². The van der Waals surface area contributed by atoms with E-state index in [2.05, 4.69) is 10.1 Å². The fraction of sp³-hybridized carbons (Fsp3) is 0.417. The van der Waals surface area contributed by atoms with Crippen molar-refractivity contribution in [2.45, 2.75) is 19.4 Å². The molecule has 5 heteroatoms. The van der Waals surface area contributed by atoms with Crippen LogP contribution in [0.2, 0.25) is 0 Å². The van der Waals surface area contributed by atoms with Gasteiger partial charge in [0.15, 0.2) is 0 Å². The Morgan fingerprint density at radius 3 is 2.76 bits per heavy atom. The Kier molecular flexibility index (Phi) is 4.90. The molecule has 0 radical (unpaired) electrons. The Morgan fingerprint density at radius 2 is 2.24 bits per heavy atom. The van der Waals surface area contributed by atoms with Gasteiger partial charge in [0, 0.05) is 6.07 Å². The maximum atomic E-state index is 13.1. The number of aromatic hydroxyl groups is 1. The van der Waals surface area contributed by atoms with E-state index in [0.717, 1.165) is 12.5 Å². The zero-order chi connectivity index (χ0) is 12.8. The molecule has 0 aliphatic heterocycles. The molecule has 1 unspecified atom stereocenters. The quantitative estimate of drug-likeness (QED) is 0.771. The average molecular weight is 241 g/mol. The number of benzene rings is 1. The minimum absolute atomic E-state index is 0.216. The molecule has 0 aliphatic carbocycles. The number of carbonyl (C=O) groups excluding carboxylic acids is 1. The molecule has 1 rings (SSSR count). The van der Waals surface area contributed by atoms with Gasteiger partial charge in [-0.05, 0) is 30.7 Å². The second-order valence-corrected chi connectivity index (χ2v) is 3.65. The van der Waals surface area contributed by atoms with Crippen molar-refractivity contribution in [3.63, 3.8) is 0 Å². The number of hydrogen-bond acceptors (Lipinski definition) is 4. The van der Waals surface area contributed by atoms with E-state index in [1.807, 2.05) is 6.92 Å². The lowest BCUT2D eigenvalue weighted by atomic mass is 10.1. The number of hydrogen-bond donors (Lipinski definition) is 2. The maximum absolute atomic E-state index is 13.1. The first-order valence-corrected chi connectivity index (χ1v) is 5.39. The van der Waals surface area contributed by atoms with E-state index in [1.165, 1.54) is 19.2 Å². The molecule has 0 saturated carbocycles. The summed E-state index contributed by atoms with van der Waals surface area (Å²) in [6.07, 6.45) is 0.828. The van der Waals surface area contributed by atoms with Crippen molar-refractivity contribution in [2.75, 3.05) is 13.7 Å². The standard InChI is InChI=1S/C12H16FNO3/c1-3-4-14-11(12(16)17-2)8-5-9(13)7-10(15)6-8/h5-7,11,14-15H,3-4H2,1-2H3. The number of halogens is 1. The largest absolute Gasteiger partial charge is 0.508 e. The van der Waals surface area contributed by atoms with Crippen LogP contribution in [-0.4, -0.2) is 24.7 Å². The molecule has 17 heavy (non-hydrogen) atoms. The summed E-state index contributed by atoms with van der Waals surface area (Å²) in [7, 11) is 1.27. The summed E-state index contributed by atoms with van der Waals surface area (Å²) in [6.45, 7) is 2.54. The van der Waals surface area contributed by atoms with E-state index in [9.17, 15) is 14.3 Å². The summed E-state index contributed by atoms with van der Waals surface area (Å²) < 4.78 is 17.8. The summed E-state index contributed by atoms with van der Waals surface area (Å²) in [5, 5.41) is 12.2. The predicted molar refractivity (Wildman–Crippen MR) is 61.1 cm³/mol. The fourth-order valence-electron chi connectivity index (χ4n) is 1.51. The minimum Gasteiger partial charge on any atom is -0.508 e. The average Bonchev–Trinajstić information content (AvgIpc) is 2.28. The number of esters is 1. The summed E-state index contributed by atoms with van der Waals surface area (Å²) in [5.74, 6) is -1.32. The van der Waals surface area contributed by atoms with Crippen molar-refractivity contribution < 1.29 is 19.0 Å².